The Morgan fingerprint density at radius 2 is 1.69 bits per heavy atom. The van der Waals surface area contributed by atoms with Crippen LogP contribution in [-0.2, 0) is 0 Å². The van der Waals surface area contributed by atoms with Gasteiger partial charge in [-0.05, 0) is 59.3 Å². The van der Waals surface area contributed by atoms with E-state index < -0.39 is 0 Å². The molecule has 0 saturated heterocycles. The molecule has 4 rings (SSSR count). The Morgan fingerprint density at radius 1 is 0.897 bits per heavy atom. The number of fused-ring (bicyclic) bond motifs is 1. The molecule has 29 heavy (non-hydrogen) atoms. The summed E-state index contributed by atoms with van der Waals surface area (Å²) in [5, 5.41) is 8.33. The quantitative estimate of drug-likeness (QED) is 0.461. The molecule has 144 valence electrons. The average Bonchev–Trinajstić information content (AvgIpc) is 2.74. The lowest BCUT2D eigenvalue weighted by Gasteiger charge is -2.12. The molecular formula is C24H22N4O. The normalized spacial score (nSPS) is 10.9. The summed E-state index contributed by atoms with van der Waals surface area (Å²) in [7, 11) is 0. The predicted octanol–water partition coefficient (Wildman–Crippen LogP) is 5.75. The molecule has 0 spiro atoms. The van der Waals surface area contributed by atoms with E-state index in [0.717, 1.165) is 22.1 Å². The van der Waals surface area contributed by atoms with Crippen molar-refractivity contribution in [3.05, 3.63) is 90.4 Å². The van der Waals surface area contributed by atoms with Crippen LogP contribution >= 0.6 is 0 Å². The van der Waals surface area contributed by atoms with Gasteiger partial charge in [-0.2, -0.15) is 0 Å². The van der Waals surface area contributed by atoms with Gasteiger partial charge in [-0.3, -0.25) is 9.78 Å². The van der Waals surface area contributed by atoms with Crippen LogP contribution < -0.4 is 10.6 Å². The monoisotopic (exact) mass is 382 g/mol. The Balaban J connectivity index is 1.56. The van der Waals surface area contributed by atoms with Crippen LogP contribution in [0, 0.1) is 0 Å². The Kier molecular flexibility index (Phi) is 5.20. The van der Waals surface area contributed by atoms with Crippen LogP contribution in [0.4, 0.5) is 17.2 Å². The van der Waals surface area contributed by atoms with Gasteiger partial charge in [0.15, 0.2) is 0 Å². The number of benzene rings is 2. The third-order valence-corrected chi connectivity index (χ3v) is 4.79. The number of pyridine rings is 2. The van der Waals surface area contributed by atoms with Crippen molar-refractivity contribution in [1.29, 1.82) is 0 Å². The highest BCUT2D eigenvalue weighted by atomic mass is 16.1. The number of carbonyl (C=O) groups excluding carboxylic acids is 1. The third kappa shape index (κ3) is 4.24. The van der Waals surface area contributed by atoms with Crippen molar-refractivity contribution in [1.82, 2.24) is 9.97 Å². The van der Waals surface area contributed by atoms with Crippen molar-refractivity contribution in [2.45, 2.75) is 19.8 Å². The summed E-state index contributed by atoms with van der Waals surface area (Å²) in [5.74, 6) is 0.749. The van der Waals surface area contributed by atoms with Crippen molar-refractivity contribution < 1.29 is 4.79 Å². The summed E-state index contributed by atoms with van der Waals surface area (Å²) >= 11 is 0. The Labute approximate surface area is 169 Å². The number of anilines is 3. The van der Waals surface area contributed by atoms with E-state index in [1.807, 2.05) is 54.7 Å². The molecule has 0 atom stereocenters. The van der Waals surface area contributed by atoms with E-state index in [-0.39, 0.29) is 5.91 Å². The van der Waals surface area contributed by atoms with Crippen LogP contribution in [0.25, 0.3) is 10.8 Å². The molecule has 1 amide bonds. The minimum absolute atomic E-state index is 0.208. The van der Waals surface area contributed by atoms with Gasteiger partial charge in [0, 0.05) is 35.4 Å². The van der Waals surface area contributed by atoms with Gasteiger partial charge in [-0.15, -0.1) is 0 Å². The van der Waals surface area contributed by atoms with Gasteiger partial charge in [0.2, 0.25) is 0 Å². The zero-order valence-corrected chi connectivity index (χ0v) is 16.4. The number of aromatic nitrogens is 2. The third-order valence-electron chi connectivity index (χ3n) is 4.79. The molecule has 0 aliphatic carbocycles. The first kappa shape index (κ1) is 18.6. The highest BCUT2D eigenvalue weighted by Crippen LogP contribution is 2.24. The van der Waals surface area contributed by atoms with Gasteiger partial charge < -0.3 is 10.6 Å². The van der Waals surface area contributed by atoms with E-state index in [2.05, 4.69) is 34.4 Å². The number of nitrogens with one attached hydrogen (secondary N) is 2. The summed E-state index contributed by atoms with van der Waals surface area (Å²) in [6.07, 6.45) is 5.25. The van der Waals surface area contributed by atoms with Crippen molar-refractivity contribution in [2.24, 2.45) is 0 Å². The van der Waals surface area contributed by atoms with Gasteiger partial charge in [-0.1, -0.05) is 32.0 Å². The SMILES string of the molecule is CC(C)c1ccc(NC(=O)c2cccnc2Nc2ccc3ccncc3c2)cc1. The molecule has 0 aliphatic heterocycles. The fraction of sp³-hybridized carbons (Fsp3) is 0.125. The van der Waals surface area contributed by atoms with Crippen molar-refractivity contribution in [3.63, 3.8) is 0 Å². The van der Waals surface area contributed by atoms with E-state index in [0.29, 0.717) is 17.3 Å². The number of carbonyl (C=O) groups is 1. The molecule has 0 fully saturated rings. The first-order chi connectivity index (χ1) is 14.1. The van der Waals surface area contributed by atoms with Crippen LogP contribution in [0.3, 0.4) is 0 Å². The lowest BCUT2D eigenvalue weighted by molar-refractivity contribution is 0.102. The number of nitrogens with zero attached hydrogens (tertiary/aromatic N) is 2. The first-order valence-electron chi connectivity index (χ1n) is 9.57. The predicted molar refractivity (Wildman–Crippen MR) is 118 cm³/mol. The largest absolute Gasteiger partial charge is 0.340 e. The Hall–Kier alpha value is -3.73. The molecule has 0 bridgehead atoms. The number of hydrogen-bond donors (Lipinski definition) is 2. The van der Waals surface area contributed by atoms with Gasteiger partial charge >= 0.3 is 0 Å². The van der Waals surface area contributed by atoms with Crippen molar-refractivity contribution in [2.75, 3.05) is 10.6 Å². The Morgan fingerprint density at radius 3 is 2.48 bits per heavy atom. The van der Waals surface area contributed by atoms with Gasteiger partial charge in [0.25, 0.3) is 5.91 Å². The smallest absolute Gasteiger partial charge is 0.259 e. The molecule has 5 nitrogen and oxygen atoms in total. The molecule has 0 saturated carbocycles. The van der Waals surface area contributed by atoms with Gasteiger partial charge in [0.05, 0.1) is 5.56 Å². The van der Waals surface area contributed by atoms with Crippen LogP contribution in [0.1, 0.15) is 35.7 Å². The lowest BCUT2D eigenvalue weighted by atomic mass is 10.0. The van der Waals surface area contributed by atoms with Crippen LogP contribution in [0.5, 0.6) is 0 Å². The molecule has 0 aliphatic rings. The summed E-state index contributed by atoms with van der Waals surface area (Å²) in [6, 6.07) is 19.4. The second-order valence-electron chi connectivity index (χ2n) is 7.19. The summed E-state index contributed by atoms with van der Waals surface area (Å²) < 4.78 is 0. The van der Waals surface area contributed by atoms with E-state index in [1.54, 1.807) is 24.5 Å². The second-order valence-corrected chi connectivity index (χ2v) is 7.19. The van der Waals surface area contributed by atoms with Crippen molar-refractivity contribution >= 4 is 33.9 Å². The molecule has 0 unspecified atom stereocenters. The van der Waals surface area contributed by atoms with E-state index in [1.165, 1.54) is 5.56 Å². The summed E-state index contributed by atoms with van der Waals surface area (Å²) in [6.45, 7) is 4.29. The fourth-order valence-corrected chi connectivity index (χ4v) is 3.14. The molecule has 4 aromatic rings. The molecular weight excluding hydrogens is 360 g/mol. The van der Waals surface area contributed by atoms with Crippen LogP contribution in [0.15, 0.2) is 79.3 Å². The minimum atomic E-state index is -0.208. The van der Waals surface area contributed by atoms with E-state index in [4.69, 9.17) is 0 Å². The zero-order valence-electron chi connectivity index (χ0n) is 16.4. The van der Waals surface area contributed by atoms with Gasteiger partial charge in [0.1, 0.15) is 5.82 Å². The molecule has 2 aromatic heterocycles. The number of hydrogen-bond acceptors (Lipinski definition) is 4. The standard InChI is InChI=1S/C24H22N4O/c1-16(2)17-5-8-20(9-6-17)28-24(29)22-4-3-12-26-23(22)27-21-10-7-18-11-13-25-15-19(18)14-21/h3-16H,1-2H3,(H,26,27)(H,28,29). The Bertz CT molecular complexity index is 1150. The molecule has 5 heteroatoms. The van der Waals surface area contributed by atoms with E-state index >= 15 is 0 Å². The van der Waals surface area contributed by atoms with Gasteiger partial charge in [-0.25, -0.2) is 4.98 Å². The topological polar surface area (TPSA) is 66.9 Å². The van der Waals surface area contributed by atoms with E-state index in [9.17, 15) is 4.79 Å². The van der Waals surface area contributed by atoms with Crippen LogP contribution in [0.2, 0.25) is 0 Å². The highest BCUT2D eigenvalue weighted by molar-refractivity contribution is 6.07. The molecule has 2 aromatic carbocycles. The summed E-state index contributed by atoms with van der Waals surface area (Å²) in [4.78, 5) is 21.4. The summed E-state index contributed by atoms with van der Waals surface area (Å²) in [5.41, 5.74) is 3.31. The van der Waals surface area contributed by atoms with Crippen LogP contribution in [-0.4, -0.2) is 15.9 Å². The number of rotatable bonds is 5. The second kappa shape index (κ2) is 8.10. The zero-order chi connectivity index (χ0) is 20.2. The maximum atomic E-state index is 12.9. The van der Waals surface area contributed by atoms with Crippen molar-refractivity contribution in [3.8, 4) is 0 Å². The average molecular weight is 382 g/mol. The number of amides is 1. The maximum Gasteiger partial charge on any atom is 0.259 e. The minimum Gasteiger partial charge on any atom is -0.340 e. The molecule has 2 heterocycles. The molecule has 0 radical (unpaired) electrons. The lowest BCUT2D eigenvalue weighted by Crippen LogP contribution is -2.14. The first-order valence-corrected chi connectivity index (χ1v) is 9.57. The fourth-order valence-electron chi connectivity index (χ4n) is 3.14. The maximum absolute atomic E-state index is 12.9. The highest BCUT2D eigenvalue weighted by Gasteiger charge is 2.13. The molecule has 2 N–H and O–H groups in total.